The molecule has 2 rings (SSSR count). The third kappa shape index (κ3) is 3.18. The van der Waals surface area contributed by atoms with E-state index in [0.717, 1.165) is 5.56 Å². The average molecular weight is 275 g/mol. The molecule has 1 amide bonds. The Morgan fingerprint density at radius 1 is 1.50 bits per heavy atom. The molecule has 0 aliphatic rings. The largest absolute Gasteiger partial charge is 0.392 e. The van der Waals surface area contributed by atoms with E-state index >= 15 is 0 Å². The number of benzene rings is 1. The molecule has 106 valence electrons. The van der Waals surface area contributed by atoms with Gasteiger partial charge in [-0.25, -0.2) is 4.68 Å². The van der Waals surface area contributed by atoms with Crippen LogP contribution in [0.15, 0.2) is 24.3 Å². The molecular weight excluding hydrogens is 258 g/mol. The monoisotopic (exact) mass is 275 g/mol. The lowest BCUT2D eigenvalue weighted by molar-refractivity contribution is 0.0924. The van der Waals surface area contributed by atoms with Crippen molar-refractivity contribution in [3.63, 3.8) is 0 Å². The number of hydrogen-bond donors (Lipinski definition) is 2. The molecule has 0 radical (unpaired) electrons. The highest BCUT2D eigenvalue weighted by molar-refractivity contribution is 5.95. The van der Waals surface area contributed by atoms with Crippen LogP contribution in [0.4, 0.5) is 0 Å². The summed E-state index contributed by atoms with van der Waals surface area (Å²) in [5.41, 5.74) is 1.29. The average Bonchev–Trinajstić information content (AvgIpc) is 2.93. The molecule has 0 bridgehead atoms. The molecule has 1 aromatic heterocycles. The lowest BCUT2D eigenvalue weighted by Crippen LogP contribution is -2.30. The Balaban J connectivity index is 2.22. The maximum absolute atomic E-state index is 11.9. The highest BCUT2D eigenvalue weighted by Crippen LogP contribution is 2.17. The van der Waals surface area contributed by atoms with Gasteiger partial charge in [-0.2, -0.15) is 0 Å². The SMILES string of the molecule is CCn1nnnc1-c1cccc(C(=O)NCC(C)O)c1. The number of aryl methyl sites for hydroxylation is 1. The van der Waals surface area contributed by atoms with E-state index in [1.54, 1.807) is 29.8 Å². The highest BCUT2D eigenvalue weighted by atomic mass is 16.3. The number of tetrazole rings is 1. The van der Waals surface area contributed by atoms with Gasteiger partial charge in [0.25, 0.3) is 5.91 Å². The van der Waals surface area contributed by atoms with Crippen molar-refractivity contribution in [2.45, 2.75) is 26.5 Å². The summed E-state index contributed by atoms with van der Waals surface area (Å²) in [7, 11) is 0. The zero-order valence-electron chi connectivity index (χ0n) is 11.4. The summed E-state index contributed by atoms with van der Waals surface area (Å²) in [5, 5.41) is 23.3. The second-order valence-electron chi connectivity index (χ2n) is 4.46. The number of nitrogens with zero attached hydrogens (tertiary/aromatic N) is 4. The molecule has 0 saturated heterocycles. The molecule has 0 saturated carbocycles. The molecule has 1 aromatic carbocycles. The Morgan fingerprint density at radius 3 is 3.00 bits per heavy atom. The number of nitrogens with one attached hydrogen (secondary N) is 1. The molecule has 0 spiro atoms. The smallest absolute Gasteiger partial charge is 0.251 e. The fourth-order valence-corrected chi connectivity index (χ4v) is 1.77. The zero-order valence-corrected chi connectivity index (χ0v) is 11.4. The van der Waals surface area contributed by atoms with Gasteiger partial charge >= 0.3 is 0 Å². The zero-order chi connectivity index (χ0) is 14.5. The van der Waals surface area contributed by atoms with Crippen molar-refractivity contribution < 1.29 is 9.90 Å². The number of carbonyl (C=O) groups excluding carboxylic acids is 1. The van der Waals surface area contributed by atoms with Crippen molar-refractivity contribution in [3.05, 3.63) is 29.8 Å². The Morgan fingerprint density at radius 2 is 2.30 bits per heavy atom. The lowest BCUT2D eigenvalue weighted by atomic mass is 10.1. The van der Waals surface area contributed by atoms with Gasteiger partial charge in [-0.1, -0.05) is 12.1 Å². The molecule has 7 heteroatoms. The Labute approximate surface area is 116 Å². The van der Waals surface area contributed by atoms with Gasteiger partial charge in [-0.15, -0.1) is 5.10 Å². The molecule has 0 aliphatic heterocycles. The summed E-state index contributed by atoms with van der Waals surface area (Å²) in [6.07, 6.45) is -0.575. The number of aromatic nitrogens is 4. The van der Waals surface area contributed by atoms with Gasteiger partial charge in [0.05, 0.1) is 6.10 Å². The summed E-state index contributed by atoms with van der Waals surface area (Å²) in [6, 6.07) is 7.07. The van der Waals surface area contributed by atoms with Gasteiger partial charge in [0.1, 0.15) is 0 Å². The van der Waals surface area contributed by atoms with Gasteiger partial charge < -0.3 is 10.4 Å². The number of aliphatic hydroxyl groups is 1. The molecule has 7 nitrogen and oxygen atoms in total. The summed E-state index contributed by atoms with van der Waals surface area (Å²) >= 11 is 0. The van der Waals surface area contributed by atoms with Crippen LogP contribution in [0.25, 0.3) is 11.4 Å². The molecule has 1 atom stereocenters. The molecule has 2 aromatic rings. The van der Waals surface area contributed by atoms with Gasteiger partial charge in [0.15, 0.2) is 5.82 Å². The second kappa shape index (κ2) is 6.25. The van der Waals surface area contributed by atoms with Crippen LogP contribution in [0.2, 0.25) is 0 Å². The normalized spacial score (nSPS) is 12.2. The number of carbonyl (C=O) groups is 1. The summed E-state index contributed by atoms with van der Waals surface area (Å²) in [5.74, 6) is 0.390. The predicted octanol–water partition coefficient (Wildman–Crippen LogP) is 0.471. The van der Waals surface area contributed by atoms with E-state index in [4.69, 9.17) is 0 Å². The van der Waals surface area contributed by atoms with E-state index < -0.39 is 6.10 Å². The quantitative estimate of drug-likeness (QED) is 0.827. The van der Waals surface area contributed by atoms with Crippen LogP contribution < -0.4 is 5.32 Å². The van der Waals surface area contributed by atoms with Crippen molar-refractivity contribution in [1.82, 2.24) is 25.5 Å². The Kier molecular flexibility index (Phi) is 4.41. The lowest BCUT2D eigenvalue weighted by Gasteiger charge is -2.08. The van der Waals surface area contributed by atoms with E-state index in [-0.39, 0.29) is 12.5 Å². The van der Waals surface area contributed by atoms with Crippen molar-refractivity contribution >= 4 is 5.91 Å². The molecule has 0 fully saturated rings. The minimum Gasteiger partial charge on any atom is -0.392 e. The molecule has 1 unspecified atom stereocenters. The van der Waals surface area contributed by atoms with Crippen LogP contribution in [0.1, 0.15) is 24.2 Å². The van der Waals surface area contributed by atoms with Crippen molar-refractivity contribution in [3.8, 4) is 11.4 Å². The van der Waals surface area contributed by atoms with Gasteiger partial charge in [0.2, 0.25) is 0 Å². The van der Waals surface area contributed by atoms with Crippen LogP contribution in [0.3, 0.4) is 0 Å². The minimum absolute atomic E-state index is 0.218. The first-order valence-electron chi connectivity index (χ1n) is 6.44. The van der Waals surface area contributed by atoms with E-state index in [9.17, 15) is 9.90 Å². The van der Waals surface area contributed by atoms with E-state index in [1.807, 2.05) is 13.0 Å². The second-order valence-corrected chi connectivity index (χ2v) is 4.46. The topological polar surface area (TPSA) is 92.9 Å². The maximum Gasteiger partial charge on any atom is 0.251 e. The first-order valence-corrected chi connectivity index (χ1v) is 6.44. The minimum atomic E-state index is -0.575. The van der Waals surface area contributed by atoms with Crippen LogP contribution in [0.5, 0.6) is 0 Å². The number of rotatable bonds is 5. The van der Waals surface area contributed by atoms with Crippen LogP contribution >= 0.6 is 0 Å². The predicted molar refractivity (Wildman–Crippen MR) is 72.9 cm³/mol. The molecular formula is C13H17N5O2. The number of hydrogen-bond acceptors (Lipinski definition) is 5. The first-order chi connectivity index (χ1) is 9.61. The Bertz CT molecular complexity index is 594. The fourth-order valence-electron chi connectivity index (χ4n) is 1.77. The highest BCUT2D eigenvalue weighted by Gasteiger charge is 2.11. The van der Waals surface area contributed by atoms with Crippen molar-refractivity contribution in [2.75, 3.05) is 6.54 Å². The third-order valence-corrected chi connectivity index (χ3v) is 2.77. The summed E-state index contributed by atoms with van der Waals surface area (Å²) < 4.78 is 1.66. The van der Waals surface area contributed by atoms with Crippen LogP contribution in [-0.4, -0.2) is 43.9 Å². The van der Waals surface area contributed by atoms with Crippen LogP contribution in [-0.2, 0) is 6.54 Å². The standard InChI is InChI=1S/C13H17N5O2/c1-3-18-12(15-16-17-18)10-5-4-6-11(7-10)13(20)14-8-9(2)19/h4-7,9,19H,3,8H2,1-2H3,(H,14,20). The third-order valence-electron chi connectivity index (χ3n) is 2.77. The number of aliphatic hydroxyl groups excluding tert-OH is 1. The van der Waals surface area contributed by atoms with Gasteiger partial charge in [0, 0.05) is 24.2 Å². The van der Waals surface area contributed by atoms with Crippen LogP contribution in [0, 0.1) is 0 Å². The molecule has 20 heavy (non-hydrogen) atoms. The van der Waals surface area contributed by atoms with Gasteiger partial charge in [-0.3, -0.25) is 4.79 Å². The Hall–Kier alpha value is -2.28. The van der Waals surface area contributed by atoms with Gasteiger partial charge in [-0.05, 0) is 36.4 Å². The fraction of sp³-hybridized carbons (Fsp3) is 0.385. The number of amides is 1. The maximum atomic E-state index is 11.9. The van der Waals surface area contributed by atoms with Crippen molar-refractivity contribution in [2.24, 2.45) is 0 Å². The van der Waals surface area contributed by atoms with E-state index in [2.05, 4.69) is 20.8 Å². The summed E-state index contributed by atoms with van der Waals surface area (Å²) in [4.78, 5) is 11.9. The molecule has 2 N–H and O–H groups in total. The molecule has 0 aliphatic carbocycles. The first kappa shape index (κ1) is 14.1. The summed E-state index contributed by atoms with van der Waals surface area (Å²) in [6.45, 7) is 4.43. The van der Waals surface area contributed by atoms with E-state index in [1.165, 1.54) is 0 Å². The van der Waals surface area contributed by atoms with Crippen molar-refractivity contribution in [1.29, 1.82) is 0 Å². The molecule has 1 heterocycles. The van der Waals surface area contributed by atoms with E-state index in [0.29, 0.717) is 17.9 Å².